The molecule has 94 valence electrons. The molecule has 1 saturated heterocycles. The van der Waals surface area contributed by atoms with E-state index in [1.807, 2.05) is 0 Å². The van der Waals surface area contributed by atoms with E-state index in [4.69, 9.17) is 0 Å². The molecule has 1 N–H and O–H groups in total. The van der Waals surface area contributed by atoms with Crippen molar-refractivity contribution in [2.75, 3.05) is 18.1 Å². The molecule has 0 spiro atoms. The summed E-state index contributed by atoms with van der Waals surface area (Å²) in [4.78, 5) is 0. The van der Waals surface area contributed by atoms with Gasteiger partial charge in [-0.05, 0) is 36.4 Å². The maximum Gasteiger partial charge on any atom is 0.416 e. The Morgan fingerprint density at radius 3 is 2.88 bits per heavy atom. The minimum Gasteiger partial charge on any atom is -0.309 e. The molecule has 0 saturated carbocycles. The highest BCUT2D eigenvalue weighted by molar-refractivity contribution is 7.99. The van der Waals surface area contributed by atoms with E-state index >= 15 is 0 Å². The van der Waals surface area contributed by atoms with Gasteiger partial charge in [-0.15, -0.1) is 0 Å². The third-order valence-corrected chi connectivity index (χ3v) is 3.90. The first kappa shape index (κ1) is 12.8. The monoisotopic (exact) mass is 261 g/mol. The summed E-state index contributed by atoms with van der Waals surface area (Å²) in [6.45, 7) is 0.869. The molecule has 0 radical (unpaired) electrons. The second-order valence-corrected chi connectivity index (χ2v) is 5.21. The average Bonchev–Trinajstić information content (AvgIpc) is 2.56. The summed E-state index contributed by atoms with van der Waals surface area (Å²) >= 11 is 1.79. The van der Waals surface area contributed by atoms with Crippen LogP contribution in [0, 0.1) is 0 Å². The molecule has 1 aromatic rings. The zero-order valence-corrected chi connectivity index (χ0v) is 10.1. The van der Waals surface area contributed by atoms with Crippen LogP contribution in [0.5, 0.6) is 0 Å². The molecule has 0 aromatic heterocycles. The second-order valence-electron chi connectivity index (χ2n) is 4.06. The Labute approximate surface area is 103 Å². The zero-order valence-electron chi connectivity index (χ0n) is 9.26. The number of thioether (sulfide) groups is 1. The number of hydrogen-bond donors (Lipinski definition) is 1. The number of nitrogens with one attached hydrogen (secondary N) is 1. The van der Waals surface area contributed by atoms with Crippen LogP contribution in [0.25, 0.3) is 0 Å². The van der Waals surface area contributed by atoms with Gasteiger partial charge in [0.05, 0.1) is 5.56 Å². The first-order valence-electron chi connectivity index (χ1n) is 5.55. The Morgan fingerprint density at radius 1 is 1.29 bits per heavy atom. The second kappa shape index (κ2) is 5.31. The SMILES string of the molecule is FC(F)(F)c1cccc(C2CSCCCN2)c1. The minimum absolute atomic E-state index is 0.0322. The van der Waals surface area contributed by atoms with Crippen LogP contribution in [-0.4, -0.2) is 18.1 Å². The van der Waals surface area contributed by atoms with Gasteiger partial charge in [-0.2, -0.15) is 24.9 Å². The lowest BCUT2D eigenvalue weighted by atomic mass is 10.0. The molecule has 0 bridgehead atoms. The molecule has 1 atom stereocenters. The van der Waals surface area contributed by atoms with E-state index in [0.29, 0.717) is 0 Å². The summed E-state index contributed by atoms with van der Waals surface area (Å²) in [7, 11) is 0. The molecule has 17 heavy (non-hydrogen) atoms. The molecule has 5 heteroatoms. The minimum atomic E-state index is -4.26. The van der Waals surface area contributed by atoms with Gasteiger partial charge in [-0.3, -0.25) is 0 Å². The quantitative estimate of drug-likeness (QED) is 0.830. The van der Waals surface area contributed by atoms with Crippen molar-refractivity contribution in [1.82, 2.24) is 5.32 Å². The summed E-state index contributed by atoms with van der Waals surface area (Å²) in [5, 5.41) is 3.29. The maximum absolute atomic E-state index is 12.6. The normalized spacial score (nSPS) is 22.2. The van der Waals surface area contributed by atoms with E-state index in [9.17, 15) is 13.2 Å². The third kappa shape index (κ3) is 3.39. The van der Waals surface area contributed by atoms with Crippen molar-refractivity contribution < 1.29 is 13.2 Å². The van der Waals surface area contributed by atoms with Crippen LogP contribution in [0.1, 0.15) is 23.6 Å². The van der Waals surface area contributed by atoms with E-state index in [2.05, 4.69) is 5.32 Å². The first-order valence-corrected chi connectivity index (χ1v) is 6.71. The predicted octanol–water partition coefficient (Wildman–Crippen LogP) is 3.47. The topological polar surface area (TPSA) is 12.0 Å². The highest BCUT2D eigenvalue weighted by atomic mass is 32.2. The van der Waals surface area contributed by atoms with Crippen LogP contribution in [0.2, 0.25) is 0 Å². The van der Waals surface area contributed by atoms with Gasteiger partial charge in [0.2, 0.25) is 0 Å². The van der Waals surface area contributed by atoms with E-state index in [0.717, 1.165) is 36.1 Å². The van der Waals surface area contributed by atoms with Gasteiger partial charge >= 0.3 is 6.18 Å². The summed E-state index contributed by atoms with van der Waals surface area (Å²) < 4.78 is 37.8. The smallest absolute Gasteiger partial charge is 0.309 e. The highest BCUT2D eigenvalue weighted by Crippen LogP contribution is 2.31. The fraction of sp³-hybridized carbons (Fsp3) is 0.500. The van der Waals surface area contributed by atoms with Crippen molar-refractivity contribution in [2.45, 2.75) is 18.6 Å². The molecule has 1 nitrogen and oxygen atoms in total. The molecule has 1 heterocycles. The number of alkyl halides is 3. The Kier molecular flexibility index (Phi) is 3.99. The van der Waals surface area contributed by atoms with Gasteiger partial charge in [0.15, 0.2) is 0 Å². The summed E-state index contributed by atoms with van der Waals surface area (Å²) in [5.74, 6) is 1.91. The molecular formula is C12H14F3NS. The molecule has 0 aliphatic carbocycles. The lowest BCUT2D eigenvalue weighted by Crippen LogP contribution is -2.22. The molecule has 1 aliphatic rings. The van der Waals surface area contributed by atoms with E-state index in [1.54, 1.807) is 17.8 Å². The van der Waals surface area contributed by atoms with Crippen molar-refractivity contribution in [3.05, 3.63) is 35.4 Å². The zero-order chi connectivity index (χ0) is 12.3. The molecule has 2 rings (SSSR count). The van der Waals surface area contributed by atoms with Gasteiger partial charge in [-0.25, -0.2) is 0 Å². The van der Waals surface area contributed by atoms with Gasteiger partial charge in [0, 0.05) is 11.8 Å². The Bertz CT molecular complexity index is 370. The highest BCUT2D eigenvalue weighted by Gasteiger charge is 2.31. The van der Waals surface area contributed by atoms with E-state index in [1.165, 1.54) is 12.1 Å². The largest absolute Gasteiger partial charge is 0.416 e. The van der Waals surface area contributed by atoms with Gasteiger partial charge < -0.3 is 5.32 Å². The van der Waals surface area contributed by atoms with Crippen LogP contribution < -0.4 is 5.32 Å². The van der Waals surface area contributed by atoms with Crippen LogP contribution >= 0.6 is 11.8 Å². The van der Waals surface area contributed by atoms with Crippen LogP contribution in [-0.2, 0) is 6.18 Å². The number of halogens is 3. The van der Waals surface area contributed by atoms with Crippen LogP contribution in [0.15, 0.2) is 24.3 Å². The Hall–Kier alpha value is -0.680. The first-order chi connectivity index (χ1) is 8.07. The van der Waals surface area contributed by atoms with E-state index in [-0.39, 0.29) is 6.04 Å². The van der Waals surface area contributed by atoms with Gasteiger partial charge in [0.1, 0.15) is 0 Å². The van der Waals surface area contributed by atoms with Crippen LogP contribution in [0.4, 0.5) is 13.2 Å². The van der Waals surface area contributed by atoms with Crippen molar-refractivity contribution in [2.24, 2.45) is 0 Å². The molecule has 1 aromatic carbocycles. The lowest BCUT2D eigenvalue weighted by molar-refractivity contribution is -0.137. The molecule has 1 fully saturated rings. The average molecular weight is 261 g/mol. The Balaban J connectivity index is 2.20. The third-order valence-electron chi connectivity index (χ3n) is 2.76. The summed E-state index contributed by atoms with van der Waals surface area (Å²) in [5.41, 5.74) is 0.167. The lowest BCUT2D eigenvalue weighted by Gasteiger charge is -2.17. The van der Waals surface area contributed by atoms with E-state index < -0.39 is 11.7 Å². The van der Waals surface area contributed by atoms with Crippen molar-refractivity contribution in [1.29, 1.82) is 0 Å². The molecule has 0 amide bonds. The van der Waals surface area contributed by atoms with Crippen molar-refractivity contribution in [3.8, 4) is 0 Å². The molecule has 1 unspecified atom stereocenters. The molecule has 1 aliphatic heterocycles. The van der Waals surface area contributed by atoms with Gasteiger partial charge in [0.25, 0.3) is 0 Å². The fourth-order valence-electron chi connectivity index (χ4n) is 1.86. The fourth-order valence-corrected chi connectivity index (χ4v) is 2.92. The summed E-state index contributed by atoms with van der Waals surface area (Å²) in [6, 6.07) is 5.65. The van der Waals surface area contributed by atoms with Gasteiger partial charge in [-0.1, -0.05) is 12.1 Å². The molecular weight excluding hydrogens is 247 g/mol. The Morgan fingerprint density at radius 2 is 2.12 bits per heavy atom. The predicted molar refractivity (Wildman–Crippen MR) is 64.1 cm³/mol. The number of hydrogen-bond acceptors (Lipinski definition) is 2. The van der Waals surface area contributed by atoms with Crippen molar-refractivity contribution in [3.63, 3.8) is 0 Å². The van der Waals surface area contributed by atoms with Crippen molar-refractivity contribution >= 4 is 11.8 Å². The number of benzene rings is 1. The van der Waals surface area contributed by atoms with Crippen LogP contribution in [0.3, 0.4) is 0 Å². The maximum atomic E-state index is 12.6. The summed E-state index contributed by atoms with van der Waals surface area (Å²) in [6.07, 6.45) is -3.19. The number of rotatable bonds is 1. The standard InChI is InChI=1S/C12H14F3NS/c13-12(14,15)10-4-1-3-9(7-10)11-8-17-6-2-5-16-11/h1,3-4,7,11,16H,2,5-6,8H2.